The maximum Gasteiger partial charge on any atom is 0.221 e. The van der Waals surface area contributed by atoms with Crippen molar-refractivity contribution >= 4 is 11.6 Å². The summed E-state index contributed by atoms with van der Waals surface area (Å²) in [5, 5.41) is 2.80. The van der Waals surface area contributed by atoms with Crippen molar-refractivity contribution in [3.63, 3.8) is 0 Å². The first kappa shape index (κ1) is 17.0. The summed E-state index contributed by atoms with van der Waals surface area (Å²) in [6.45, 7) is 5.28. The number of anilines is 1. The summed E-state index contributed by atoms with van der Waals surface area (Å²) >= 11 is 0. The molecule has 4 nitrogen and oxygen atoms in total. The van der Waals surface area contributed by atoms with Crippen molar-refractivity contribution in [3.05, 3.63) is 29.8 Å². The highest BCUT2D eigenvalue weighted by atomic mass is 16.1. The van der Waals surface area contributed by atoms with Crippen LogP contribution in [0.1, 0.15) is 44.6 Å². The maximum absolute atomic E-state index is 11.0. The molecule has 0 saturated heterocycles. The Hall–Kier alpha value is -1.39. The third kappa shape index (κ3) is 5.78. The van der Waals surface area contributed by atoms with Crippen LogP contribution in [0.5, 0.6) is 0 Å². The highest BCUT2D eigenvalue weighted by Gasteiger charge is 2.17. The fourth-order valence-corrected chi connectivity index (χ4v) is 3.31. The molecule has 1 aromatic carbocycles. The molecule has 0 bridgehead atoms. The van der Waals surface area contributed by atoms with E-state index >= 15 is 0 Å². The van der Waals surface area contributed by atoms with Gasteiger partial charge in [-0.2, -0.15) is 0 Å². The minimum atomic E-state index is -0.0326. The molecule has 0 spiro atoms. The van der Waals surface area contributed by atoms with E-state index in [1.165, 1.54) is 44.6 Å². The molecule has 1 aliphatic rings. The van der Waals surface area contributed by atoms with Gasteiger partial charge in [-0.15, -0.1) is 0 Å². The molecular weight excluding hydrogens is 274 g/mol. The minimum Gasteiger partial charge on any atom is -0.329 e. The van der Waals surface area contributed by atoms with Gasteiger partial charge in [0.2, 0.25) is 5.91 Å². The molecule has 0 radical (unpaired) electrons. The number of nitrogens with zero attached hydrogens (tertiary/aromatic N) is 1. The number of hydrogen-bond acceptors (Lipinski definition) is 3. The number of amides is 1. The highest BCUT2D eigenvalue weighted by Crippen LogP contribution is 2.25. The SMILES string of the molecule is CC(=O)Nc1ccc(CN(CCN)CC2CCCCC2)cc1. The topological polar surface area (TPSA) is 58.4 Å². The highest BCUT2D eigenvalue weighted by molar-refractivity contribution is 5.88. The third-order valence-electron chi connectivity index (χ3n) is 4.37. The molecule has 22 heavy (non-hydrogen) atoms. The van der Waals surface area contributed by atoms with Crippen molar-refractivity contribution in [1.82, 2.24) is 4.90 Å². The molecule has 1 amide bonds. The smallest absolute Gasteiger partial charge is 0.221 e. The van der Waals surface area contributed by atoms with Gasteiger partial charge in [0.05, 0.1) is 0 Å². The van der Waals surface area contributed by atoms with Crippen LogP contribution in [-0.4, -0.2) is 30.4 Å². The van der Waals surface area contributed by atoms with E-state index in [-0.39, 0.29) is 5.91 Å². The van der Waals surface area contributed by atoms with Gasteiger partial charge in [-0.1, -0.05) is 31.4 Å². The molecule has 0 heterocycles. The monoisotopic (exact) mass is 303 g/mol. The van der Waals surface area contributed by atoms with Gasteiger partial charge in [-0.05, 0) is 36.5 Å². The number of nitrogens with two attached hydrogens (primary N) is 1. The second-order valence-electron chi connectivity index (χ2n) is 6.41. The fourth-order valence-electron chi connectivity index (χ4n) is 3.31. The average Bonchev–Trinajstić information content (AvgIpc) is 2.50. The predicted molar refractivity (Wildman–Crippen MR) is 91.7 cm³/mol. The van der Waals surface area contributed by atoms with E-state index in [9.17, 15) is 4.79 Å². The number of hydrogen-bond donors (Lipinski definition) is 2. The zero-order chi connectivity index (χ0) is 15.8. The summed E-state index contributed by atoms with van der Waals surface area (Å²) in [5.74, 6) is 0.800. The number of carbonyl (C=O) groups excluding carboxylic acids is 1. The van der Waals surface area contributed by atoms with Gasteiger partial charge in [0.25, 0.3) is 0 Å². The Labute approximate surface area is 134 Å². The molecule has 2 rings (SSSR count). The van der Waals surface area contributed by atoms with E-state index in [2.05, 4.69) is 22.3 Å². The molecular formula is C18H29N3O. The summed E-state index contributed by atoms with van der Waals surface area (Å²) in [6.07, 6.45) is 6.89. The third-order valence-corrected chi connectivity index (χ3v) is 4.37. The van der Waals surface area contributed by atoms with Crippen molar-refractivity contribution in [2.45, 2.75) is 45.6 Å². The molecule has 1 saturated carbocycles. The predicted octanol–water partition coefficient (Wildman–Crippen LogP) is 2.99. The molecule has 1 aliphatic carbocycles. The van der Waals surface area contributed by atoms with Gasteiger partial charge < -0.3 is 11.1 Å². The van der Waals surface area contributed by atoms with E-state index in [4.69, 9.17) is 5.73 Å². The molecule has 0 aromatic heterocycles. The van der Waals surface area contributed by atoms with Crippen LogP contribution in [0, 0.1) is 5.92 Å². The van der Waals surface area contributed by atoms with E-state index in [0.29, 0.717) is 6.54 Å². The first-order valence-electron chi connectivity index (χ1n) is 8.46. The second kappa shape index (κ2) is 8.91. The van der Waals surface area contributed by atoms with Gasteiger partial charge in [0, 0.05) is 38.8 Å². The Balaban J connectivity index is 1.90. The van der Waals surface area contributed by atoms with Gasteiger partial charge in [0.15, 0.2) is 0 Å². The quantitative estimate of drug-likeness (QED) is 0.814. The average molecular weight is 303 g/mol. The standard InChI is InChI=1S/C18H29N3O/c1-15(22)20-18-9-7-17(8-10-18)14-21(12-11-19)13-16-5-3-2-4-6-16/h7-10,16H,2-6,11-14,19H2,1H3,(H,20,22). The number of benzene rings is 1. The van der Waals surface area contributed by atoms with Gasteiger partial charge >= 0.3 is 0 Å². The van der Waals surface area contributed by atoms with Crippen LogP contribution in [0.4, 0.5) is 5.69 Å². The Morgan fingerprint density at radius 1 is 1.23 bits per heavy atom. The van der Waals surface area contributed by atoms with Crippen molar-refractivity contribution in [3.8, 4) is 0 Å². The number of carbonyl (C=O) groups is 1. The molecule has 0 atom stereocenters. The van der Waals surface area contributed by atoms with E-state index in [1.54, 1.807) is 0 Å². The van der Waals surface area contributed by atoms with E-state index < -0.39 is 0 Å². The molecule has 3 N–H and O–H groups in total. The first-order valence-corrected chi connectivity index (χ1v) is 8.46. The molecule has 0 unspecified atom stereocenters. The van der Waals surface area contributed by atoms with Crippen molar-refractivity contribution < 1.29 is 4.79 Å². The molecule has 122 valence electrons. The summed E-state index contributed by atoms with van der Waals surface area (Å²) < 4.78 is 0. The molecule has 4 heteroatoms. The van der Waals surface area contributed by atoms with Crippen LogP contribution in [0.3, 0.4) is 0 Å². The lowest BCUT2D eigenvalue weighted by Crippen LogP contribution is -2.34. The summed E-state index contributed by atoms with van der Waals surface area (Å²) in [5.41, 5.74) is 7.91. The van der Waals surface area contributed by atoms with Crippen molar-refractivity contribution in [1.29, 1.82) is 0 Å². The van der Waals surface area contributed by atoms with Gasteiger partial charge in [-0.25, -0.2) is 0 Å². The van der Waals surface area contributed by atoms with Crippen LogP contribution in [0.15, 0.2) is 24.3 Å². The Bertz CT molecular complexity index is 452. The van der Waals surface area contributed by atoms with Gasteiger partial charge in [0.1, 0.15) is 0 Å². The zero-order valence-corrected chi connectivity index (χ0v) is 13.7. The van der Waals surface area contributed by atoms with Crippen LogP contribution in [0.25, 0.3) is 0 Å². The summed E-state index contributed by atoms with van der Waals surface area (Å²) in [6, 6.07) is 8.13. The lowest BCUT2D eigenvalue weighted by atomic mass is 9.89. The zero-order valence-electron chi connectivity index (χ0n) is 13.7. The maximum atomic E-state index is 11.0. The fraction of sp³-hybridized carbons (Fsp3) is 0.611. The van der Waals surface area contributed by atoms with Crippen LogP contribution < -0.4 is 11.1 Å². The van der Waals surface area contributed by atoms with E-state index in [1.807, 2.05) is 12.1 Å². The number of nitrogens with one attached hydrogen (secondary N) is 1. The minimum absolute atomic E-state index is 0.0326. The second-order valence-corrected chi connectivity index (χ2v) is 6.41. The molecule has 1 fully saturated rings. The number of rotatable bonds is 7. The van der Waals surface area contributed by atoms with Crippen LogP contribution in [-0.2, 0) is 11.3 Å². The van der Waals surface area contributed by atoms with Crippen molar-refractivity contribution in [2.24, 2.45) is 11.7 Å². The Morgan fingerprint density at radius 2 is 1.91 bits per heavy atom. The molecule has 1 aromatic rings. The van der Waals surface area contributed by atoms with E-state index in [0.717, 1.165) is 31.2 Å². The molecule has 0 aliphatic heterocycles. The Morgan fingerprint density at radius 3 is 2.50 bits per heavy atom. The summed E-state index contributed by atoms with van der Waals surface area (Å²) in [7, 11) is 0. The van der Waals surface area contributed by atoms with Crippen LogP contribution in [0.2, 0.25) is 0 Å². The normalized spacial score (nSPS) is 16.0. The first-order chi connectivity index (χ1) is 10.7. The Kier molecular flexibility index (Phi) is 6.87. The lowest BCUT2D eigenvalue weighted by Gasteiger charge is -2.29. The lowest BCUT2D eigenvalue weighted by molar-refractivity contribution is -0.114. The largest absolute Gasteiger partial charge is 0.329 e. The van der Waals surface area contributed by atoms with Crippen molar-refractivity contribution in [2.75, 3.05) is 25.0 Å². The van der Waals surface area contributed by atoms with Gasteiger partial charge in [-0.3, -0.25) is 9.69 Å². The summed E-state index contributed by atoms with van der Waals surface area (Å²) in [4.78, 5) is 13.5. The van der Waals surface area contributed by atoms with Crippen LogP contribution >= 0.6 is 0 Å².